The van der Waals surface area contributed by atoms with Crippen LogP contribution in [0.5, 0.6) is 0 Å². The van der Waals surface area contributed by atoms with Gasteiger partial charge in [-0.3, -0.25) is 4.79 Å². The lowest BCUT2D eigenvalue weighted by atomic mass is 9.49. The summed E-state index contributed by atoms with van der Waals surface area (Å²) in [5.41, 5.74) is 0.401. The normalized spacial score (nSPS) is 43.0. The first-order chi connectivity index (χ1) is 10.2. The van der Waals surface area contributed by atoms with Gasteiger partial charge in [0.05, 0.1) is 0 Å². The van der Waals surface area contributed by atoms with Crippen molar-refractivity contribution in [3.05, 3.63) is 0 Å². The number of rotatable bonds is 3. The van der Waals surface area contributed by atoms with Gasteiger partial charge in [0.1, 0.15) is 0 Å². The Morgan fingerprint density at radius 3 is 2.27 bits per heavy atom. The molecule has 1 N–H and O–H groups in total. The van der Waals surface area contributed by atoms with Crippen LogP contribution in [0, 0.1) is 23.2 Å². The van der Waals surface area contributed by atoms with Gasteiger partial charge in [0.2, 0.25) is 5.91 Å². The van der Waals surface area contributed by atoms with Crippen LogP contribution in [0.3, 0.4) is 0 Å². The van der Waals surface area contributed by atoms with Gasteiger partial charge in [0, 0.05) is 25.6 Å². The van der Waals surface area contributed by atoms with E-state index in [-0.39, 0.29) is 12.4 Å². The molecule has 1 atom stereocenters. The van der Waals surface area contributed by atoms with Crippen LogP contribution in [0.25, 0.3) is 0 Å². The first-order valence-corrected chi connectivity index (χ1v) is 9.11. The first-order valence-electron chi connectivity index (χ1n) is 9.11. The molecule has 0 aromatic carbocycles. The Morgan fingerprint density at radius 2 is 1.73 bits per heavy atom. The topological polar surface area (TPSA) is 32.3 Å². The van der Waals surface area contributed by atoms with Crippen LogP contribution < -0.4 is 5.32 Å². The number of carbonyl (C=O) groups excluding carboxylic acids is 1. The molecular weight excluding hydrogens is 296 g/mol. The number of likely N-dealkylation sites (N-methyl/N-ethyl adjacent to an activating group) is 1. The minimum atomic E-state index is 0. The van der Waals surface area contributed by atoms with Crippen molar-refractivity contribution < 1.29 is 4.79 Å². The Bertz CT molecular complexity index is 390. The van der Waals surface area contributed by atoms with Crippen LogP contribution in [0.2, 0.25) is 0 Å². The van der Waals surface area contributed by atoms with Gasteiger partial charge in [-0.15, -0.1) is 12.4 Å². The average Bonchev–Trinajstić information content (AvgIpc) is 2.45. The fourth-order valence-corrected chi connectivity index (χ4v) is 6.38. The lowest BCUT2D eigenvalue weighted by Crippen LogP contribution is -2.51. The Balaban J connectivity index is 0.00000144. The lowest BCUT2D eigenvalue weighted by molar-refractivity contribution is -0.140. The maximum absolute atomic E-state index is 12.8. The van der Waals surface area contributed by atoms with E-state index in [4.69, 9.17) is 0 Å². The second-order valence-corrected chi connectivity index (χ2v) is 8.56. The van der Waals surface area contributed by atoms with Gasteiger partial charge in [0.25, 0.3) is 0 Å². The second-order valence-electron chi connectivity index (χ2n) is 8.56. The van der Waals surface area contributed by atoms with Crippen LogP contribution in [-0.4, -0.2) is 37.0 Å². The molecule has 1 aliphatic heterocycles. The van der Waals surface area contributed by atoms with Crippen LogP contribution >= 0.6 is 12.4 Å². The molecule has 4 bridgehead atoms. The predicted molar refractivity (Wildman–Crippen MR) is 91.1 cm³/mol. The van der Waals surface area contributed by atoms with E-state index in [0.717, 1.165) is 43.7 Å². The molecular formula is C18H31ClN2O. The number of piperidine rings is 1. The van der Waals surface area contributed by atoms with Crippen LogP contribution in [-0.2, 0) is 4.79 Å². The Morgan fingerprint density at radius 1 is 1.14 bits per heavy atom. The van der Waals surface area contributed by atoms with E-state index in [0.29, 0.717) is 17.4 Å². The standard InChI is InChI=1S/C18H30N2O.ClH/c1-19-16-3-2-4-20(12-16)17(21)11-18-8-13-5-14(9-18)7-15(6-13)10-18;/h13-16,19H,2-12H2,1H3;1H. The van der Waals surface area contributed by atoms with Gasteiger partial charge < -0.3 is 10.2 Å². The summed E-state index contributed by atoms with van der Waals surface area (Å²) in [6, 6.07) is 0.513. The minimum Gasteiger partial charge on any atom is -0.341 e. The molecule has 0 aromatic rings. The SMILES string of the molecule is CNC1CCCN(C(=O)CC23CC4CC(CC(C4)C2)C3)C1.Cl. The van der Waals surface area contributed by atoms with Crippen molar-refractivity contribution in [3.63, 3.8) is 0 Å². The Labute approximate surface area is 141 Å². The molecule has 5 aliphatic rings. The summed E-state index contributed by atoms with van der Waals surface area (Å²) >= 11 is 0. The predicted octanol–water partition coefficient (Wildman–Crippen LogP) is 3.23. The van der Waals surface area contributed by atoms with Crippen molar-refractivity contribution in [1.82, 2.24) is 10.2 Å². The van der Waals surface area contributed by atoms with Gasteiger partial charge in [-0.05, 0) is 81.6 Å². The highest BCUT2D eigenvalue weighted by Crippen LogP contribution is 2.61. The number of amides is 1. The zero-order valence-corrected chi connectivity index (χ0v) is 14.7. The molecule has 1 saturated heterocycles. The number of carbonyl (C=O) groups is 1. The Hall–Kier alpha value is -0.280. The van der Waals surface area contributed by atoms with Crippen LogP contribution in [0.4, 0.5) is 0 Å². The van der Waals surface area contributed by atoms with Crippen LogP contribution in [0.15, 0.2) is 0 Å². The van der Waals surface area contributed by atoms with Gasteiger partial charge in [0.15, 0.2) is 0 Å². The quantitative estimate of drug-likeness (QED) is 0.863. The molecule has 4 saturated carbocycles. The molecule has 1 amide bonds. The summed E-state index contributed by atoms with van der Waals surface area (Å²) in [5.74, 6) is 3.32. The van der Waals surface area contributed by atoms with Crippen molar-refractivity contribution in [2.75, 3.05) is 20.1 Å². The largest absolute Gasteiger partial charge is 0.341 e. The van der Waals surface area contributed by atoms with Gasteiger partial charge >= 0.3 is 0 Å². The molecule has 0 aromatic heterocycles. The third-order valence-corrected chi connectivity index (χ3v) is 6.87. The van der Waals surface area contributed by atoms with Gasteiger partial charge in [-0.2, -0.15) is 0 Å². The number of nitrogens with zero attached hydrogens (tertiary/aromatic N) is 1. The lowest BCUT2D eigenvalue weighted by Gasteiger charge is -2.57. The monoisotopic (exact) mass is 326 g/mol. The molecule has 5 fully saturated rings. The molecule has 5 rings (SSSR count). The van der Waals surface area contributed by atoms with E-state index >= 15 is 0 Å². The van der Waals surface area contributed by atoms with Gasteiger partial charge in [-0.1, -0.05) is 0 Å². The van der Waals surface area contributed by atoms with Crippen molar-refractivity contribution in [2.45, 2.75) is 63.8 Å². The summed E-state index contributed by atoms with van der Waals surface area (Å²) in [7, 11) is 2.03. The van der Waals surface area contributed by atoms with Crippen LogP contribution in [0.1, 0.15) is 57.8 Å². The highest BCUT2D eigenvalue weighted by atomic mass is 35.5. The molecule has 22 heavy (non-hydrogen) atoms. The molecule has 1 unspecified atom stereocenters. The van der Waals surface area contributed by atoms with Crippen molar-refractivity contribution in [1.29, 1.82) is 0 Å². The average molecular weight is 327 g/mol. The zero-order valence-electron chi connectivity index (χ0n) is 13.9. The summed E-state index contributed by atoms with van der Waals surface area (Å²) in [6.45, 7) is 1.92. The highest BCUT2D eigenvalue weighted by Gasteiger charge is 2.51. The van der Waals surface area contributed by atoms with E-state index in [2.05, 4.69) is 10.2 Å². The van der Waals surface area contributed by atoms with E-state index < -0.39 is 0 Å². The maximum atomic E-state index is 12.8. The first kappa shape index (κ1) is 16.6. The molecule has 3 nitrogen and oxygen atoms in total. The number of hydrogen-bond donors (Lipinski definition) is 1. The summed E-state index contributed by atoms with van der Waals surface area (Å²) in [5, 5.41) is 3.35. The Kier molecular flexibility index (Phi) is 4.76. The summed E-state index contributed by atoms with van der Waals surface area (Å²) in [4.78, 5) is 15.0. The summed E-state index contributed by atoms with van der Waals surface area (Å²) in [6.07, 6.45) is 11.7. The molecule has 126 valence electrons. The zero-order chi connectivity index (χ0) is 14.4. The number of halogens is 1. The third kappa shape index (κ3) is 3.03. The highest BCUT2D eigenvalue weighted by molar-refractivity contribution is 5.85. The molecule has 4 aliphatic carbocycles. The fraction of sp³-hybridized carbons (Fsp3) is 0.944. The smallest absolute Gasteiger partial charge is 0.223 e. The van der Waals surface area contributed by atoms with Crippen molar-refractivity contribution >= 4 is 18.3 Å². The number of nitrogens with one attached hydrogen (secondary N) is 1. The maximum Gasteiger partial charge on any atom is 0.223 e. The summed E-state index contributed by atoms with van der Waals surface area (Å²) < 4.78 is 0. The molecule has 0 spiro atoms. The van der Waals surface area contributed by atoms with E-state index in [1.807, 2.05) is 7.05 Å². The van der Waals surface area contributed by atoms with Gasteiger partial charge in [-0.25, -0.2) is 0 Å². The van der Waals surface area contributed by atoms with Crippen molar-refractivity contribution in [3.8, 4) is 0 Å². The second kappa shape index (κ2) is 6.32. The van der Waals surface area contributed by atoms with Crippen molar-refractivity contribution in [2.24, 2.45) is 23.2 Å². The fourth-order valence-electron chi connectivity index (χ4n) is 6.38. The number of hydrogen-bond acceptors (Lipinski definition) is 2. The van der Waals surface area contributed by atoms with E-state index in [1.54, 1.807) is 0 Å². The van der Waals surface area contributed by atoms with E-state index in [1.165, 1.54) is 44.9 Å². The molecule has 1 heterocycles. The minimum absolute atomic E-state index is 0. The molecule has 4 heteroatoms. The third-order valence-electron chi connectivity index (χ3n) is 6.87. The number of likely N-dealkylation sites (tertiary alicyclic amines) is 1. The van der Waals surface area contributed by atoms with E-state index in [9.17, 15) is 4.79 Å². The molecule has 0 radical (unpaired) electrons.